The van der Waals surface area contributed by atoms with Crippen molar-refractivity contribution >= 4 is 27.3 Å². The molecule has 0 aromatic carbocycles. The summed E-state index contributed by atoms with van der Waals surface area (Å²) in [5, 5.41) is 3.94. The lowest BCUT2D eigenvalue weighted by Crippen LogP contribution is -2.13. The molecule has 0 saturated carbocycles. The summed E-state index contributed by atoms with van der Waals surface area (Å²) in [5.74, 6) is 1.16. The lowest BCUT2D eigenvalue weighted by molar-refractivity contribution is 0.401. The lowest BCUT2D eigenvalue weighted by atomic mass is 9.96. The Morgan fingerprint density at radius 1 is 1.40 bits per heavy atom. The summed E-state index contributed by atoms with van der Waals surface area (Å²) >= 11 is 4.88. The van der Waals surface area contributed by atoms with Crippen LogP contribution in [0.2, 0.25) is 0 Å². The minimum absolute atomic E-state index is 0.107. The highest BCUT2D eigenvalue weighted by Crippen LogP contribution is 2.30. The Bertz CT molecular complexity index is 472. The molecule has 6 heteroatoms. The first-order valence-electron chi connectivity index (χ1n) is 4.42. The van der Waals surface area contributed by atoms with Crippen LogP contribution >= 0.6 is 27.3 Å². The smallest absolute Gasteiger partial charge is 0.278 e. The largest absolute Gasteiger partial charge is 0.332 e. The normalized spacial score (nSPS) is 12.0. The number of hydrogen-bond acceptors (Lipinski definition) is 5. The van der Waals surface area contributed by atoms with Gasteiger partial charge in [0, 0.05) is 5.41 Å². The van der Waals surface area contributed by atoms with Crippen molar-refractivity contribution in [2.75, 3.05) is 0 Å². The molecule has 0 atom stereocenters. The van der Waals surface area contributed by atoms with Crippen molar-refractivity contribution in [2.45, 2.75) is 26.2 Å². The minimum Gasteiger partial charge on any atom is -0.332 e. The van der Waals surface area contributed by atoms with Crippen molar-refractivity contribution in [3.05, 3.63) is 15.1 Å². The van der Waals surface area contributed by atoms with Gasteiger partial charge in [-0.1, -0.05) is 25.9 Å². The molecule has 0 aliphatic heterocycles. The zero-order valence-electron chi connectivity index (χ0n) is 8.61. The zero-order valence-corrected chi connectivity index (χ0v) is 11.0. The molecule has 2 heterocycles. The Hall–Kier alpha value is -0.750. The molecule has 0 radical (unpaired) electrons. The maximum atomic E-state index is 5.17. The maximum Gasteiger partial charge on any atom is 0.278 e. The molecule has 0 aliphatic rings. The van der Waals surface area contributed by atoms with Crippen LogP contribution in [0, 0.1) is 0 Å². The molecule has 0 aliphatic carbocycles. The van der Waals surface area contributed by atoms with Gasteiger partial charge in [-0.15, -0.1) is 11.3 Å². The van der Waals surface area contributed by atoms with Crippen LogP contribution in [0.5, 0.6) is 0 Å². The number of thiazole rings is 1. The van der Waals surface area contributed by atoms with E-state index in [0.29, 0.717) is 17.4 Å². The predicted molar refractivity (Wildman–Crippen MR) is 61.8 cm³/mol. The monoisotopic (exact) mass is 287 g/mol. The Kier molecular flexibility index (Phi) is 2.64. The van der Waals surface area contributed by atoms with Gasteiger partial charge in [0.2, 0.25) is 0 Å². The van der Waals surface area contributed by atoms with Gasteiger partial charge in [0.1, 0.15) is 3.79 Å². The van der Waals surface area contributed by atoms with Gasteiger partial charge in [-0.05, 0) is 15.9 Å². The summed E-state index contributed by atoms with van der Waals surface area (Å²) in [7, 11) is 0. The summed E-state index contributed by atoms with van der Waals surface area (Å²) in [6.45, 7) is 6.12. The number of nitrogens with zero attached hydrogens (tertiary/aromatic N) is 3. The molecule has 0 bridgehead atoms. The SMILES string of the molecule is CC(C)(C)c1noc(-c2ncsc2Br)n1. The molecule has 0 fully saturated rings. The third kappa shape index (κ3) is 2.10. The summed E-state index contributed by atoms with van der Waals surface area (Å²) in [5.41, 5.74) is 2.34. The van der Waals surface area contributed by atoms with E-state index in [2.05, 4.69) is 31.1 Å². The molecule has 0 spiro atoms. The van der Waals surface area contributed by atoms with E-state index in [0.717, 1.165) is 3.79 Å². The van der Waals surface area contributed by atoms with E-state index in [9.17, 15) is 0 Å². The van der Waals surface area contributed by atoms with Gasteiger partial charge >= 0.3 is 0 Å². The van der Waals surface area contributed by atoms with E-state index in [1.54, 1.807) is 5.51 Å². The van der Waals surface area contributed by atoms with Gasteiger partial charge in [0.15, 0.2) is 11.5 Å². The lowest BCUT2D eigenvalue weighted by Gasteiger charge is -2.10. The minimum atomic E-state index is -0.107. The Morgan fingerprint density at radius 2 is 2.13 bits per heavy atom. The van der Waals surface area contributed by atoms with Gasteiger partial charge in [0.25, 0.3) is 5.89 Å². The quantitative estimate of drug-likeness (QED) is 0.808. The molecular formula is C9H10BrN3OS. The zero-order chi connectivity index (χ0) is 11.1. The first kappa shape index (κ1) is 10.8. The summed E-state index contributed by atoms with van der Waals surface area (Å²) in [4.78, 5) is 8.48. The highest BCUT2D eigenvalue weighted by Gasteiger charge is 2.23. The van der Waals surface area contributed by atoms with E-state index >= 15 is 0 Å². The standard InChI is InChI=1S/C9H10BrN3OS/c1-9(2,3)8-12-7(14-13-8)5-6(10)15-4-11-5/h4H,1-3H3. The topological polar surface area (TPSA) is 51.8 Å². The number of hydrogen-bond donors (Lipinski definition) is 0. The van der Waals surface area contributed by atoms with Crippen LogP contribution in [-0.4, -0.2) is 15.1 Å². The molecule has 2 rings (SSSR count). The van der Waals surface area contributed by atoms with Gasteiger partial charge in [0.05, 0.1) is 5.51 Å². The summed E-state index contributed by atoms with van der Waals surface area (Å²) in [6.07, 6.45) is 0. The fraction of sp³-hybridized carbons (Fsp3) is 0.444. The number of aromatic nitrogens is 3. The van der Waals surface area contributed by atoms with E-state index in [-0.39, 0.29) is 5.41 Å². The molecule has 15 heavy (non-hydrogen) atoms. The van der Waals surface area contributed by atoms with E-state index in [4.69, 9.17) is 4.52 Å². The first-order valence-corrected chi connectivity index (χ1v) is 6.09. The van der Waals surface area contributed by atoms with Gasteiger partial charge in [-0.2, -0.15) is 4.98 Å². The molecule has 0 amide bonds. The highest BCUT2D eigenvalue weighted by atomic mass is 79.9. The first-order chi connectivity index (χ1) is 6.98. The Labute approximate surface area is 99.9 Å². The van der Waals surface area contributed by atoms with Gasteiger partial charge in [-0.3, -0.25) is 0 Å². The maximum absolute atomic E-state index is 5.17. The van der Waals surface area contributed by atoms with Crippen LogP contribution in [0.4, 0.5) is 0 Å². The molecule has 80 valence electrons. The average Bonchev–Trinajstić information content (AvgIpc) is 2.69. The van der Waals surface area contributed by atoms with Crippen molar-refractivity contribution in [3.63, 3.8) is 0 Å². The van der Waals surface area contributed by atoms with Crippen LogP contribution in [0.3, 0.4) is 0 Å². The second kappa shape index (κ2) is 3.68. The fourth-order valence-corrected chi connectivity index (χ4v) is 2.02. The molecule has 0 N–H and O–H groups in total. The van der Waals surface area contributed by atoms with E-state index in [1.165, 1.54) is 11.3 Å². The third-order valence-corrected chi connectivity index (χ3v) is 3.37. The molecule has 0 saturated heterocycles. The number of halogens is 1. The average molecular weight is 288 g/mol. The fourth-order valence-electron chi connectivity index (χ4n) is 0.995. The predicted octanol–water partition coefficient (Wildman–Crippen LogP) is 3.25. The Morgan fingerprint density at radius 3 is 2.60 bits per heavy atom. The van der Waals surface area contributed by atoms with Crippen LogP contribution < -0.4 is 0 Å². The van der Waals surface area contributed by atoms with Gasteiger partial charge < -0.3 is 4.52 Å². The summed E-state index contributed by atoms with van der Waals surface area (Å²) < 4.78 is 6.08. The van der Waals surface area contributed by atoms with Crippen LogP contribution in [-0.2, 0) is 5.41 Å². The highest BCUT2D eigenvalue weighted by molar-refractivity contribution is 9.11. The van der Waals surface area contributed by atoms with Crippen molar-refractivity contribution < 1.29 is 4.52 Å². The molecule has 2 aromatic rings. The second-order valence-electron chi connectivity index (χ2n) is 4.15. The van der Waals surface area contributed by atoms with Crippen molar-refractivity contribution in [1.82, 2.24) is 15.1 Å². The number of rotatable bonds is 1. The second-order valence-corrected chi connectivity index (χ2v) is 6.32. The van der Waals surface area contributed by atoms with Gasteiger partial charge in [-0.25, -0.2) is 4.98 Å². The van der Waals surface area contributed by atoms with Crippen molar-refractivity contribution in [1.29, 1.82) is 0 Å². The molecular weight excluding hydrogens is 278 g/mol. The third-order valence-electron chi connectivity index (χ3n) is 1.82. The van der Waals surface area contributed by atoms with E-state index < -0.39 is 0 Å². The van der Waals surface area contributed by atoms with Crippen molar-refractivity contribution in [3.8, 4) is 11.6 Å². The molecule has 2 aromatic heterocycles. The molecule has 0 unspecified atom stereocenters. The van der Waals surface area contributed by atoms with Crippen molar-refractivity contribution in [2.24, 2.45) is 0 Å². The van der Waals surface area contributed by atoms with Crippen LogP contribution in [0.15, 0.2) is 13.8 Å². The Balaban J connectivity index is 2.41. The summed E-state index contributed by atoms with van der Waals surface area (Å²) in [6, 6.07) is 0. The molecule has 4 nitrogen and oxygen atoms in total. The van der Waals surface area contributed by atoms with Crippen LogP contribution in [0.25, 0.3) is 11.6 Å². The van der Waals surface area contributed by atoms with Crippen LogP contribution in [0.1, 0.15) is 26.6 Å². The van der Waals surface area contributed by atoms with E-state index in [1.807, 2.05) is 20.8 Å².